The SMILES string of the molecule is N#Cc1ccc(NCC(O)COc2ccc(N3C[C@H](CN)OC3=O)cc2F)cc1. The Kier molecular flexibility index (Phi) is 6.49. The Hall–Kier alpha value is -3.35. The molecule has 1 aliphatic heterocycles. The zero-order chi connectivity index (χ0) is 20.8. The molecule has 0 radical (unpaired) electrons. The van der Waals surface area contributed by atoms with Crippen LogP contribution in [0.3, 0.4) is 0 Å². The number of carbonyl (C=O) groups excluding carboxylic acids is 1. The van der Waals surface area contributed by atoms with Crippen molar-refractivity contribution in [1.29, 1.82) is 5.26 Å². The van der Waals surface area contributed by atoms with Crippen molar-refractivity contribution >= 4 is 17.5 Å². The number of amides is 1. The van der Waals surface area contributed by atoms with Crippen molar-refractivity contribution in [3.8, 4) is 11.8 Å². The average Bonchev–Trinajstić information content (AvgIpc) is 3.12. The molecule has 0 bridgehead atoms. The number of rotatable bonds is 8. The molecule has 0 aromatic heterocycles. The van der Waals surface area contributed by atoms with E-state index >= 15 is 0 Å². The lowest BCUT2D eigenvalue weighted by atomic mass is 10.2. The number of nitrogens with one attached hydrogen (secondary N) is 1. The zero-order valence-electron chi connectivity index (χ0n) is 15.5. The summed E-state index contributed by atoms with van der Waals surface area (Å²) in [4.78, 5) is 13.1. The molecule has 152 valence electrons. The topological polar surface area (TPSA) is 121 Å². The fraction of sp³-hybridized carbons (Fsp3) is 0.300. The number of anilines is 2. The van der Waals surface area contributed by atoms with Gasteiger partial charge in [-0.1, -0.05) is 0 Å². The van der Waals surface area contributed by atoms with E-state index in [0.717, 1.165) is 5.69 Å². The molecule has 1 saturated heterocycles. The van der Waals surface area contributed by atoms with Gasteiger partial charge in [-0.2, -0.15) is 5.26 Å². The Labute approximate surface area is 167 Å². The number of carbonyl (C=O) groups is 1. The predicted octanol–water partition coefficient (Wildman–Crippen LogP) is 1.83. The van der Waals surface area contributed by atoms with Gasteiger partial charge in [0, 0.05) is 24.8 Å². The molecule has 1 aliphatic rings. The number of benzene rings is 2. The number of hydrogen-bond acceptors (Lipinski definition) is 7. The number of nitrogens with two attached hydrogens (primary N) is 1. The largest absolute Gasteiger partial charge is 0.488 e. The van der Waals surface area contributed by atoms with Crippen LogP contribution >= 0.6 is 0 Å². The van der Waals surface area contributed by atoms with E-state index in [1.165, 1.54) is 17.0 Å². The molecular formula is C20H21FN4O4. The van der Waals surface area contributed by atoms with Gasteiger partial charge in [-0.3, -0.25) is 4.90 Å². The minimum absolute atomic E-state index is 0.0332. The average molecular weight is 400 g/mol. The van der Waals surface area contributed by atoms with Gasteiger partial charge in [0.25, 0.3) is 0 Å². The summed E-state index contributed by atoms with van der Waals surface area (Å²) >= 11 is 0. The van der Waals surface area contributed by atoms with Gasteiger partial charge in [-0.25, -0.2) is 9.18 Å². The highest BCUT2D eigenvalue weighted by Gasteiger charge is 2.31. The molecule has 3 rings (SSSR count). The van der Waals surface area contributed by atoms with Gasteiger partial charge >= 0.3 is 6.09 Å². The Bertz CT molecular complexity index is 900. The zero-order valence-corrected chi connectivity index (χ0v) is 15.5. The van der Waals surface area contributed by atoms with Crippen LogP contribution in [-0.4, -0.2) is 49.6 Å². The van der Waals surface area contributed by atoms with Gasteiger partial charge < -0.3 is 25.6 Å². The monoisotopic (exact) mass is 400 g/mol. The molecule has 8 nitrogen and oxygen atoms in total. The van der Waals surface area contributed by atoms with Crippen molar-refractivity contribution in [1.82, 2.24) is 0 Å². The first kappa shape index (κ1) is 20.4. The molecule has 29 heavy (non-hydrogen) atoms. The third-order valence-corrected chi connectivity index (χ3v) is 4.35. The third-order valence-electron chi connectivity index (χ3n) is 4.35. The number of aliphatic hydroxyl groups is 1. The number of nitrogens with zero attached hydrogens (tertiary/aromatic N) is 2. The maximum Gasteiger partial charge on any atom is 0.414 e. The van der Waals surface area contributed by atoms with Crippen molar-refractivity contribution in [2.75, 3.05) is 36.5 Å². The van der Waals surface area contributed by atoms with Crippen LogP contribution < -0.4 is 20.7 Å². The van der Waals surface area contributed by atoms with Gasteiger partial charge in [-0.15, -0.1) is 0 Å². The van der Waals surface area contributed by atoms with E-state index in [4.69, 9.17) is 20.5 Å². The van der Waals surface area contributed by atoms with Crippen LogP contribution in [0.2, 0.25) is 0 Å². The molecular weight excluding hydrogens is 379 g/mol. The molecule has 2 atom stereocenters. The summed E-state index contributed by atoms with van der Waals surface area (Å²) in [7, 11) is 0. The summed E-state index contributed by atoms with van der Waals surface area (Å²) < 4.78 is 24.7. The summed E-state index contributed by atoms with van der Waals surface area (Å²) in [5.41, 5.74) is 7.12. The number of cyclic esters (lactones) is 1. The molecule has 1 heterocycles. The maximum atomic E-state index is 14.3. The second kappa shape index (κ2) is 9.23. The number of nitriles is 1. The molecule has 9 heteroatoms. The fourth-order valence-electron chi connectivity index (χ4n) is 2.77. The van der Waals surface area contributed by atoms with Gasteiger partial charge in [0.05, 0.1) is 23.9 Å². The number of hydrogen-bond donors (Lipinski definition) is 3. The van der Waals surface area contributed by atoms with E-state index < -0.39 is 24.1 Å². The molecule has 0 saturated carbocycles. The van der Waals surface area contributed by atoms with Crippen LogP contribution in [0.1, 0.15) is 5.56 Å². The standard InChI is InChI=1S/C20H21FN4O4/c21-18-7-15(25-11-17(9-23)29-20(25)27)5-6-19(18)28-12-16(26)10-24-14-3-1-13(8-22)2-4-14/h1-7,16-17,24,26H,9-12,23H2/t16?,17-/m0/s1. The second-order valence-corrected chi connectivity index (χ2v) is 6.50. The van der Waals surface area contributed by atoms with E-state index in [1.807, 2.05) is 6.07 Å². The first-order valence-corrected chi connectivity index (χ1v) is 9.03. The third kappa shape index (κ3) is 5.13. The predicted molar refractivity (Wildman–Crippen MR) is 104 cm³/mol. The van der Waals surface area contributed by atoms with E-state index in [1.54, 1.807) is 30.3 Å². The summed E-state index contributed by atoms with van der Waals surface area (Å²) in [5.74, 6) is -0.687. The van der Waals surface area contributed by atoms with Crippen LogP contribution in [0, 0.1) is 17.1 Å². The highest BCUT2D eigenvalue weighted by atomic mass is 19.1. The molecule has 1 amide bonds. The summed E-state index contributed by atoms with van der Waals surface area (Å²) in [6.45, 7) is 0.515. The summed E-state index contributed by atoms with van der Waals surface area (Å²) in [5, 5.41) is 21.8. The van der Waals surface area contributed by atoms with Crippen LogP contribution in [0.4, 0.5) is 20.6 Å². The molecule has 0 spiro atoms. The Morgan fingerprint density at radius 1 is 1.38 bits per heavy atom. The van der Waals surface area contributed by atoms with Crippen molar-refractivity contribution in [3.63, 3.8) is 0 Å². The summed E-state index contributed by atoms with van der Waals surface area (Å²) in [6, 6.07) is 12.9. The van der Waals surface area contributed by atoms with Crippen LogP contribution in [0.25, 0.3) is 0 Å². The summed E-state index contributed by atoms with van der Waals surface area (Å²) in [6.07, 6.45) is -1.87. The van der Waals surface area contributed by atoms with Gasteiger partial charge in [0.1, 0.15) is 18.8 Å². The quantitative estimate of drug-likeness (QED) is 0.618. The molecule has 2 aromatic rings. The van der Waals surface area contributed by atoms with E-state index in [-0.39, 0.29) is 32.0 Å². The van der Waals surface area contributed by atoms with Gasteiger partial charge in [0.15, 0.2) is 11.6 Å². The van der Waals surface area contributed by atoms with E-state index in [9.17, 15) is 14.3 Å². The fourth-order valence-corrected chi connectivity index (χ4v) is 2.77. The molecule has 1 fully saturated rings. The van der Waals surface area contributed by atoms with Crippen LogP contribution in [0.15, 0.2) is 42.5 Å². The molecule has 2 aromatic carbocycles. The van der Waals surface area contributed by atoms with Gasteiger partial charge in [0.2, 0.25) is 0 Å². The van der Waals surface area contributed by atoms with Gasteiger partial charge in [-0.05, 0) is 36.4 Å². The lowest BCUT2D eigenvalue weighted by Crippen LogP contribution is -2.27. The van der Waals surface area contributed by atoms with Crippen LogP contribution in [0.5, 0.6) is 5.75 Å². The number of halogens is 1. The van der Waals surface area contributed by atoms with E-state index in [0.29, 0.717) is 11.3 Å². The normalized spacial score (nSPS) is 16.8. The molecule has 4 N–H and O–H groups in total. The highest BCUT2D eigenvalue weighted by Crippen LogP contribution is 2.27. The number of aliphatic hydroxyl groups excluding tert-OH is 1. The maximum absolute atomic E-state index is 14.3. The Morgan fingerprint density at radius 2 is 2.14 bits per heavy atom. The second-order valence-electron chi connectivity index (χ2n) is 6.50. The first-order valence-electron chi connectivity index (χ1n) is 9.03. The van der Waals surface area contributed by atoms with Crippen molar-refractivity contribution in [2.24, 2.45) is 5.73 Å². The lowest BCUT2D eigenvalue weighted by molar-refractivity contribution is 0.115. The smallest absolute Gasteiger partial charge is 0.414 e. The molecule has 0 aliphatic carbocycles. The highest BCUT2D eigenvalue weighted by molar-refractivity contribution is 5.89. The Morgan fingerprint density at radius 3 is 2.76 bits per heavy atom. The first-order chi connectivity index (χ1) is 14.0. The molecule has 1 unspecified atom stereocenters. The van der Waals surface area contributed by atoms with Crippen molar-refractivity contribution < 1.29 is 23.8 Å². The van der Waals surface area contributed by atoms with Crippen LogP contribution in [-0.2, 0) is 4.74 Å². The minimum atomic E-state index is -0.886. The van der Waals surface area contributed by atoms with E-state index in [2.05, 4.69) is 5.32 Å². The van der Waals surface area contributed by atoms with Crippen molar-refractivity contribution in [2.45, 2.75) is 12.2 Å². The lowest BCUT2D eigenvalue weighted by Gasteiger charge is -2.16. The number of ether oxygens (including phenoxy) is 2. The minimum Gasteiger partial charge on any atom is -0.488 e. The van der Waals surface area contributed by atoms with Crippen molar-refractivity contribution in [3.05, 3.63) is 53.8 Å². The Balaban J connectivity index is 1.51.